The zero-order chi connectivity index (χ0) is 12.0. The quantitative estimate of drug-likeness (QED) is 0.720. The van der Waals surface area contributed by atoms with Crippen molar-refractivity contribution < 1.29 is 9.47 Å². The second-order valence-electron chi connectivity index (χ2n) is 4.18. The van der Waals surface area contributed by atoms with E-state index in [2.05, 4.69) is 4.98 Å². The van der Waals surface area contributed by atoms with Crippen molar-refractivity contribution in [3.8, 4) is 5.75 Å². The van der Waals surface area contributed by atoms with E-state index in [-0.39, 0.29) is 5.60 Å². The highest BCUT2D eigenvalue weighted by atomic mass is 35.5. The fourth-order valence-electron chi connectivity index (χ4n) is 1.16. The highest BCUT2D eigenvalue weighted by Gasteiger charge is 2.16. The van der Waals surface area contributed by atoms with Crippen molar-refractivity contribution in [1.29, 1.82) is 0 Å². The largest absolute Gasteiger partial charge is 0.492 e. The third-order valence-corrected chi connectivity index (χ3v) is 2.82. The van der Waals surface area contributed by atoms with E-state index in [1.54, 1.807) is 19.5 Å². The fourth-order valence-corrected chi connectivity index (χ4v) is 1.38. The van der Waals surface area contributed by atoms with E-state index >= 15 is 0 Å². The minimum Gasteiger partial charge on any atom is -0.492 e. The Morgan fingerprint density at radius 1 is 1.44 bits per heavy atom. The van der Waals surface area contributed by atoms with Gasteiger partial charge in [-0.05, 0) is 19.9 Å². The molecule has 0 N–H and O–H groups in total. The highest BCUT2D eigenvalue weighted by molar-refractivity contribution is 6.17. The number of rotatable bonds is 6. The standard InChI is InChI=1S/C12H18ClNO2/c1-12(2,15-3)5-7-16-11-9-14-6-4-10(11)8-13/h4,6,9H,5,7-8H2,1-3H3. The maximum absolute atomic E-state index is 5.80. The van der Waals surface area contributed by atoms with Crippen molar-refractivity contribution in [3.05, 3.63) is 24.0 Å². The van der Waals surface area contributed by atoms with Crippen LogP contribution in [0.4, 0.5) is 0 Å². The van der Waals surface area contributed by atoms with Crippen LogP contribution >= 0.6 is 11.6 Å². The minimum absolute atomic E-state index is 0.163. The number of hydrogen-bond acceptors (Lipinski definition) is 3. The van der Waals surface area contributed by atoms with Crippen LogP contribution in [0.5, 0.6) is 5.75 Å². The third kappa shape index (κ3) is 3.99. The van der Waals surface area contributed by atoms with Crippen molar-refractivity contribution in [3.63, 3.8) is 0 Å². The lowest BCUT2D eigenvalue weighted by atomic mass is 10.1. The van der Waals surface area contributed by atoms with Crippen LogP contribution in [-0.2, 0) is 10.6 Å². The van der Waals surface area contributed by atoms with Gasteiger partial charge < -0.3 is 9.47 Å². The summed E-state index contributed by atoms with van der Waals surface area (Å²) in [6.45, 7) is 4.65. The molecule has 90 valence electrons. The van der Waals surface area contributed by atoms with Gasteiger partial charge in [0, 0.05) is 25.3 Å². The Morgan fingerprint density at radius 2 is 2.19 bits per heavy atom. The number of pyridine rings is 1. The van der Waals surface area contributed by atoms with Crippen molar-refractivity contribution in [2.45, 2.75) is 31.7 Å². The summed E-state index contributed by atoms with van der Waals surface area (Å²) in [5.74, 6) is 1.19. The molecule has 0 saturated heterocycles. The molecule has 0 unspecified atom stereocenters. The summed E-state index contributed by atoms with van der Waals surface area (Å²) >= 11 is 5.80. The molecule has 0 saturated carbocycles. The molecule has 16 heavy (non-hydrogen) atoms. The number of ether oxygens (including phenoxy) is 2. The Labute approximate surface area is 102 Å². The topological polar surface area (TPSA) is 31.4 Å². The maximum atomic E-state index is 5.80. The van der Waals surface area contributed by atoms with Crippen molar-refractivity contribution in [2.24, 2.45) is 0 Å². The molecule has 0 aliphatic carbocycles. The molecule has 1 aromatic rings. The van der Waals surface area contributed by atoms with Crippen LogP contribution < -0.4 is 4.74 Å². The lowest BCUT2D eigenvalue weighted by Crippen LogP contribution is -2.25. The van der Waals surface area contributed by atoms with Gasteiger partial charge in [0.05, 0.1) is 24.3 Å². The van der Waals surface area contributed by atoms with Crippen molar-refractivity contribution >= 4 is 11.6 Å². The maximum Gasteiger partial charge on any atom is 0.141 e. The molecule has 0 atom stereocenters. The lowest BCUT2D eigenvalue weighted by molar-refractivity contribution is 0.00536. The van der Waals surface area contributed by atoms with Crippen LogP contribution in [0.25, 0.3) is 0 Å². The molecule has 0 amide bonds. The van der Waals surface area contributed by atoms with E-state index in [1.807, 2.05) is 19.9 Å². The molecule has 0 fully saturated rings. The second-order valence-corrected chi connectivity index (χ2v) is 4.45. The van der Waals surface area contributed by atoms with Crippen molar-refractivity contribution in [2.75, 3.05) is 13.7 Å². The van der Waals surface area contributed by atoms with Gasteiger partial charge in [-0.1, -0.05) is 0 Å². The van der Waals surface area contributed by atoms with Gasteiger partial charge in [0.2, 0.25) is 0 Å². The van der Waals surface area contributed by atoms with Gasteiger partial charge >= 0.3 is 0 Å². The van der Waals surface area contributed by atoms with Gasteiger partial charge in [0.1, 0.15) is 5.75 Å². The number of nitrogens with zero attached hydrogens (tertiary/aromatic N) is 1. The van der Waals surface area contributed by atoms with E-state index in [1.165, 1.54) is 0 Å². The monoisotopic (exact) mass is 243 g/mol. The molecule has 4 heteroatoms. The molecular weight excluding hydrogens is 226 g/mol. The zero-order valence-electron chi connectivity index (χ0n) is 10.00. The first-order valence-corrected chi connectivity index (χ1v) is 5.79. The Kier molecular flexibility index (Phi) is 5.03. The summed E-state index contributed by atoms with van der Waals surface area (Å²) in [5.41, 5.74) is 0.801. The van der Waals surface area contributed by atoms with Crippen LogP contribution in [0.1, 0.15) is 25.8 Å². The second kappa shape index (κ2) is 6.06. The van der Waals surface area contributed by atoms with E-state index in [0.29, 0.717) is 12.5 Å². The number of halogens is 1. The van der Waals surface area contributed by atoms with Crippen LogP contribution in [0, 0.1) is 0 Å². The van der Waals surface area contributed by atoms with Crippen molar-refractivity contribution in [1.82, 2.24) is 4.98 Å². The molecule has 1 aromatic heterocycles. The molecular formula is C12H18ClNO2. The minimum atomic E-state index is -0.163. The molecule has 3 nitrogen and oxygen atoms in total. The molecule has 0 spiro atoms. The van der Waals surface area contributed by atoms with Gasteiger partial charge in [-0.15, -0.1) is 11.6 Å². The predicted molar refractivity (Wildman–Crippen MR) is 65.0 cm³/mol. The summed E-state index contributed by atoms with van der Waals surface area (Å²) < 4.78 is 10.9. The molecule has 1 rings (SSSR count). The van der Waals surface area contributed by atoms with E-state index in [9.17, 15) is 0 Å². The summed E-state index contributed by atoms with van der Waals surface area (Å²) in [7, 11) is 1.70. The molecule has 0 aliphatic rings. The van der Waals surface area contributed by atoms with Gasteiger partial charge in [-0.25, -0.2) is 0 Å². The summed E-state index contributed by atoms with van der Waals surface area (Å²) in [6.07, 6.45) is 4.22. The summed E-state index contributed by atoms with van der Waals surface area (Å²) in [6, 6.07) is 1.86. The normalized spacial score (nSPS) is 11.5. The van der Waals surface area contributed by atoms with E-state index in [4.69, 9.17) is 21.1 Å². The van der Waals surface area contributed by atoms with E-state index in [0.717, 1.165) is 17.7 Å². The molecule has 0 aliphatic heterocycles. The number of alkyl halides is 1. The van der Waals surface area contributed by atoms with Crippen LogP contribution in [-0.4, -0.2) is 24.3 Å². The number of aromatic nitrogens is 1. The number of methoxy groups -OCH3 is 1. The average molecular weight is 244 g/mol. The van der Waals surface area contributed by atoms with Gasteiger partial charge in [-0.2, -0.15) is 0 Å². The molecule has 1 heterocycles. The molecule has 0 radical (unpaired) electrons. The first-order chi connectivity index (χ1) is 7.59. The van der Waals surface area contributed by atoms with Gasteiger partial charge in [-0.3, -0.25) is 4.98 Å². The van der Waals surface area contributed by atoms with Crippen LogP contribution in [0.2, 0.25) is 0 Å². The molecule has 0 aromatic carbocycles. The Balaban J connectivity index is 2.49. The Morgan fingerprint density at radius 3 is 2.81 bits per heavy atom. The Hall–Kier alpha value is -0.800. The smallest absolute Gasteiger partial charge is 0.141 e. The Bertz CT molecular complexity index is 329. The average Bonchev–Trinajstić information content (AvgIpc) is 2.29. The predicted octanol–water partition coefficient (Wildman–Crippen LogP) is 3.01. The van der Waals surface area contributed by atoms with Crippen LogP contribution in [0.15, 0.2) is 18.5 Å². The third-order valence-electron chi connectivity index (χ3n) is 2.53. The fraction of sp³-hybridized carbons (Fsp3) is 0.583. The zero-order valence-corrected chi connectivity index (χ0v) is 10.8. The summed E-state index contributed by atoms with van der Waals surface area (Å²) in [5, 5.41) is 0. The SMILES string of the molecule is COC(C)(C)CCOc1cnccc1CCl. The first kappa shape index (κ1) is 13.3. The van der Waals surface area contributed by atoms with Crippen LogP contribution in [0.3, 0.4) is 0 Å². The van der Waals surface area contributed by atoms with E-state index < -0.39 is 0 Å². The summed E-state index contributed by atoms with van der Waals surface area (Å²) in [4.78, 5) is 4.01. The van der Waals surface area contributed by atoms with Gasteiger partial charge in [0.15, 0.2) is 0 Å². The first-order valence-electron chi connectivity index (χ1n) is 5.26. The number of hydrogen-bond donors (Lipinski definition) is 0. The lowest BCUT2D eigenvalue weighted by Gasteiger charge is -2.22. The van der Waals surface area contributed by atoms with Gasteiger partial charge in [0.25, 0.3) is 0 Å². The molecule has 0 bridgehead atoms. The highest BCUT2D eigenvalue weighted by Crippen LogP contribution is 2.20.